The molecule has 0 saturated carbocycles. The zero-order valence-electron chi connectivity index (χ0n) is 9.60. The van der Waals surface area contributed by atoms with Crippen molar-refractivity contribution in [2.24, 2.45) is 4.99 Å². The van der Waals surface area contributed by atoms with Gasteiger partial charge in [-0.1, -0.05) is 6.92 Å². The minimum atomic E-state index is 0.794. The van der Waals surface area contributed by atoms with Crippen molar-refractivity contribution in [3.8, 4) is 0 Å². The van der Waals surface area contributed by atoms with Crippen LogP contribution in [0.4, 0.5) is 0 Å². The number of rotatable bonds is 7. The van der Waals surface area contributed by atoms with E-state index >= 15 is 0 Å². The van der Waals surface area contributed by atoms with Crippen LogP contribution in [0.25, 0.3) is 0 Å². The SMILES string of the molecule is CCCNC(=NC)NCCCOCC. The van der Waals surface area contributed by atoms with E-state index in [1.165, 1.54) is 0 Å². The molecule has 0 atom stereocenters. The Labute approximate surface area is 87.1 Å². The quantitative estimate of drug-likeness (QED) is 0.367. The molecule has 0 aliphatic rings. The van der Waals surface area contributed by atoms with Crippen molar-refractivity contribution in [2.45, 2.75) is 26.7 Å². The molecule has 0 bridgehead atoms. The van der Waals surface area contributed by atoms with E-state index in [1.54, 1.807) is 7.05 Å². The fourth-order valence-corrected chi connectivity index (χ4v) is 0.989. The lowest BCUT2D eigenvalue weighted by Crippen LogP contribution is -2.38. The summed E-state index contributed by atoms with van der Waals surface area (Å²) in [5.74, 6) is 0.878. The van der Waals surface area contributed by atoms with Gasteiger partial charge in [-0.25, -0.2) is 0 Å². The molecule has 4 nitrogen and oxygen atoms in total. The van der Waals surface area contributed by atoms with Crippen molar-refractivity contribution < 1.29 is 4.74 Å². The highest BCUT2D eigenvalue weighted by Crippen LogP contribution is 1.80. The molecule has 0 spiro atoms. The van der Waals surface area contributed by atoms with Crippen molar-refractivity contribution in [2.75, 3.05) is 33.4 Å². The van der Waals surface area contributed by atoms with Crippen molar-refractivity contribution in [1.29, 1.82) is 0 Å². The van der Waals surface area contributed by atoms with Gasteiger partial charge in [-0.2, -0.15) is 0 Å². The number of aliphatic imine (C=N–C) groups is 1. The predicted molar refractivity (Wildman–Crippen MR) is 60.8 cm³/mol. The second-order valence-electron chi connectivity index (χ2n) is 2.98. The molecule has 84 valence electrons. The molecule has 0 unspecified atom stereocenters. The zero-order valence-corrected chi connectivity index (χ0v) is 9.60. The first-order valence-corrected chi connectivity index (χ1v) is 5.37. The number of nitrogens with one attached hydrogen (secondary N) is 2. The molecule has 0 aliphatic heterocycles. The van der Waals surface area contributed by atoms with E-state index in [-0.39, 0.29) is 0 Å². The Morgan fingerprint density at radius 1 is 1.21 bits per heavy atom. The summed E-state index contributed by atoms with van der Waals surface area (Å²) in [6.07, 6.45) is 2.13. The molecule has 0 amide bonds. The Bertz CT molecular complexity index is 148. The number of nitrogens with zero attached hydrogens (tertiary/aromatic N) is 1. The monoisotopic (exact) mass is 201 g/mol. The molecule has 0 saturated heterocycles. The molecule has 0 heterocycles. The zero-order chi connectivity index (χ0) is 10.6. The predicted octanol–water partition coefficient (Wildman–Crippen LogP) is 0.988. The molecule has 0 radical (unpaired) electrons. The standard InChI is InChI=1S/C10H23N3O/c1-4-7-12-10(11-3)13-8-6-9-14-5-2/h4-9H2,1-3H3,(H2,11,12,13). The van der Waals surface area contributed by atoms with Crippen molar-refractivity contribution in [3.05, 3.63) is 0 Å². The van der Waals surface area contributed by atoms with E-state index in [4.69, 9.17) is 4.74 Å². The van der Waals surface area contributed by atoms with Gasteiger partial charge in [0, 0.05) is 33.4 Å². The summed E-state index contributed by atoms with van der Waals surface area (Å²) in [5.41, 5.74) is 0. The summed E-state index contributed by atoms with van der Waals surface area (Å²) in [6.45, 7) is 7.62. The van der Waals surface area contributed by atoms with Crippen LogP contribution in [-0.4, -0.2) is 39.3 Å². The lowest BCUT2D eigenvalue weighted by molar-refractivity contribution is 0.145. The van der Waals surface area contributed by atoms with Crippen LogP contribution in [0.1, 0.15) is 26.7 Å². The van der Waals surface area contributed by atoms with E-state index in [2.05, 4.69) is 22.5 Å². The maximum absolute atomic E-state index is 5.23. The first kappa shape index (κ1) is 13.2. The Morgan fingerprint density at radius 2 is 1.93 bits per heavy atom. The molecule has 0 aromatic carbocycles. The third-order valence-corrected chi connectivity index (χ3v) is 1.73. The summed E-state index contributed by atoms with van der Waals surface area (Å²) < 4.78 is 5.23. The van der Waals surface area contributed by atoms with Crippen LogP contribution in [0.5, 0.6) is 0 Å². The van der Waals surface area contributed by atoms with Crippen LogP contribution in [0.15, 0.2) is 4.99 Å². The first-order chi connectivity index (χ1) is 6.85. The second kappa shape index (κ2) is 10.3. The Balaban J connectivity index is 3.34. The maximum Gasteiger partial charge on any atom is 0.190 e. The molecule has 0 aliphatic carbocycles. The van der Waals surface area contributed by atoms with E-state index in [1.807, 2.05) is 6.92 Å². The molecule has 14 heavy (non-hydrogen) atoms. The summed E-state index contributed by atoms with van der Waals surface area (Å²) >= 11 is 0. The smallest absolute Gasteiger partial charge is 0.190 e. The van der Waals surface area contributed by atoms with E-state index < -0.39 is 0 Å². The molecule has 0 aromatic heterocycles. The van der Waals surface area contributed by atoms with Crippen LogP contribution in [-0.2, 0) is 4.74 Å². The highest BCUT2D eigenvalue weighted by Gasteiger charge is 1.94. The van der Waals surface area contributed by atoms with Gasteiger partial charge in [0.25, 0.3) is 0 Å². The van der Waals surface area contributed by atoms with Crippen molar-refractivity contribution in [1.82, 2.24) is 10.6 Å². The summed E-state index contributed by atoms with van der Waals surface area (Å²) in [4.78, 5) is 4.10. The summed E-state index contributed by atoms with van der Waals surface area (Å²) in [6, 6.07) is 0. The minimum Gasteiger partial charge on any atom is -0.382 e. The number of hydrogen-bond acceptors (Lipinski definition) is 2. The van der Waals surface area contributed by atoms with Gasteiger partial charge in [-0.3, -0.25) is 4.99 Å². The average molecular weight is 201 g/mol. The largest absolute Gasteiger partial charge is 0.382 e. The molecule has 0 aromatic rings. The summed E-state index contributed by atoms with van der Waals surface area (Å²) in [5, 5.41) is 6.43. The molecule has 4 heteroatoms. The van der Waals surface area contributed by atoms with Gasteiger partial charge >= 0.3 is 0 Å². The minimum absolute atomic E-state index is 0.794. The van der Waals surface area contributed by atoms with Gasteiger partial charge in [0.2, 0.25) is 0 Å². The molecular weight excluding hydrogens is 178 g/mol. The number of ether oxygens (including phenoxy) is 1. The van der Waals surface area contributed by atoms with Gasteiger partial charge in [0.15, 0.2) is 5.96 Å². The maximum atomic E-state index is 5.23. The van der Waals surface area contributed by atoms with Gasteiger partial charge in [0.1, 0.15) is 0 Å². The van der Waals surface area contributed by atoms with Crippen molar-refractivity contribution in [3.63, 3.8) is 0 Å². The van der Waals surface area contributed by atoms with Crippen LogP contribution in [0, 0.1) is 0 Å². The van der Waals surface area contributed by atoms with Gasteiger partial charge < -0.3 is 15.4 Å². The van der Waals surface area contributed by atoms with Crippen LogP contribution in [0.3, 0.4) is 0 Å². The fraction of sp³-hybridized carbons (Fsp3) is 0.900. The fourth-order valence-electron chi connectivity index (χ4n) is 0.989. The average Bonchev–Trinajstić information content (AvgIpc) is 2.22. The summed E-state index contributed by atoms with van der Waals surface area (Å²) in [7, 11) is 1.79. The second-order valence-corrected chi connectivity index (χ2v) is 2.98. The van der Waals surface area contributed by atoms with Gasteiger partial charge in [-0.05, 0) is 19.8 Å². The van der Waals surface area contributed by atoms with Crippen LogP contribution < -0.4 is 10.6 Å². The Kier molecular flexibility index (Phi) is 9.74. The first-order valence-electron chi connectivity index (χ1n) is 5.37. The van der Waals surface area contributed by atoms with Crippen molar-refractivity contribution >= 4 is 5.96 Å². The Morgan fingerprint density at radius 3 is 2.50 bits per heavy atom. The van der Waals surface area contributed by atoms with Crippen LogP contribution >= 0.6 is 0 Å². The third kappa shape index (κ3) is 7.86. The Hall–Kier alpha value is -0.770. The molecular formula is C10H23N3O. The molecule has 0 fully saturated rings. The van der Waals surface area contributed by atoms with E-state index in [0.29, 0.717) is 0 Å². The molecule has 2 N–H and O–H groups in total. The topological polar surface area (TPSA) is 45.7 Å². The van der Waals surface area contributed by atoms with Gasteiger partial charge in [-0.15, -0.1) is 0 Å². The molecule has 0 rings (SSSR count). The highest BCUT2D eigenvalue weighted by atomic mass is 16.5. The van der Waals surface area contributed by atoms with E-state index in [9.17, 15) is 0 Å². The van der Waals surface area contributed by atoms with Crippen LogP contribution in [0.2, 0.25) is 0 Å². The van der Waals surface area contributed by atoms with Gasteiger partial charge in [0.05, 0.1) is 0 Å². The number of guanidine groups is 1. The third-order valence-electron chi connectivity index (χ3n) is 1.73. The highest BCUT2D eigenvalue weighted by molar-refractivity contribution is 5.79. The lowest BCUT2D eigenvalue weighted by atomic mass is 10.4. The normalized spacial score (nSPS) is 11.5. The van der Waals surface area contributed by atoms with E-state index in [0.717, 1.165) is 45.1 Å². The number of hydrogen-bond donors (Lipinski definition) is 2. The lowest BCUT2D eigenvalue weighted by Gasteiger charge is -2.10.